The summed E-state index contributed by atoms with van der Waals surface area (Å²) in [5.74, 6) is 1.45. The molecule has 0 bridgehead atoms. The highest BCUT2D eigenvalue weighted by Crippen LogP contribution is 2.85. The second-order valence-electron chi connectivity index (χ2n) is 5.23. The number of allylic oxidation sites excluding steroid dienone is 2. The fraction of sp³-hybridized carbons (Fsp3) is 0.818. The van der Waals surface area contributed by atoms with Crippen LogP contribution in [0.5, 0.6) is 0 Å². The van der Waals surface area contributed by atoms with E-state index in [1.165, 1.54) is 19.3 Å². The van der Waals surface area contributed by atoms with Crippen LogP contribution in [0, 0.1) is 22.7 Å². The second-order valence-corrected chi connectivity index (χ2v) is 5.23. The van der Waals surface area contributed by atoms with Gasteiger partial charge >= 0.3 is 0 Å². The van der Waals surface area contributed by atoms with E-state index in [2.05, 4.69) is 12.2 Å². The molecule has 1 heteroatoms. The zero-order chi connectivity index (χ0) is 7.97. The van der Waals surface area contributed by atoms with Crippen molar-refractivity contribution in [3.8, 4) is 0 Å². The number of rotatable bonds is 0. The Morgan fingerprint density at radius 1 is 1.33 bits per heavy atom. The molecule has 0 radical (unpaired) electrons. The third-order valence-electron chi connectivity index (χ3n) is 5.22. The van der Waals surface area contributed by atoms with Gasteiger partial charge < -0.3 is 5.11 Å². The highest BCUT2D eigenvalue weighted by molar-refractivity contribution is 5.41. The smallest absolute Gasteiger partial charge is 0.0588 e. The number of hydrogen-bond acceptors (Lipinski definition) is 1. The van der Waals surface area contributed by atoms with Gasteiger partial charge in [-0.25, -0.2) is 0 Å². The summed E-state index contributed by atoms with van der Waals surface area (Å²) >= 11 is 0. The van der Waals surface area contributed by atoms with E-state index in [0.29, 0.717) is 16.7 Å². The van der Waals surface area contributed by atoms with Crippen molar-refractivity contribution in [2.45, 2.75) is 31.8 Å². The third-order valence-corrected chi connectivity index (χ3v) is 5.22. The van der Waals surface area contributed by atoms with E-state index in [0.717, 1.165) is 12.3 Å². The first-order valence-corrected chi connectivity index (χ1v) is 5.18. The van der Waals surface area contributed by atoms with Crippen molar-refractivity contribution in [2.24, 2.45) is 22.7 Å². The molecule has 12 heavy (non-hydrogen) atoms. The predicted octanol–water partition coefficient (Wildman–Crippen LogP) is 1.72. The van der Waals surface area contributed by atoms with Gasteiger partial charge in [-0.15, -0.1) is 0 Å². The number of fused-ring (bicyclic) bond motifs is 1. The first-order valence-electron chi connectivity index (χ1n) is 5.18. The third kappa shape index (κ3) is 0.352. The van der Waals surface area contributed by atoms with Gasteiger partial charge in [-0.05, 0) is 41.9 Å². The molecule has 0 aliphatic heterocycles. The summed E-state index contributed by atoms with van der Waals surface area (Å²) < 4.78 is 0. The van der Waals surface area contributed by atoms with Crippen LogP contribution in [-0.4, -0.2) is 11.2 Å². The lowest BCUT2D eigenvalue weighted by Gasteiger charge is -2.26. The van der Waals surface area contributed by atoms with E-state index in [1.807, 2.05) is 0 Å². The van der Waals surface area contributed by atoms with Crippen LogP contribution in [0.3, 0.4) is 0 Å². The van der Waals surface area contributed by atoms with Gasteiger partial charge in [0.1, 0.15) is 0 Å². The molecule has 1 nitrogen and oxygen atoms in total. The van der Waals surface area contributed by atoms with Gasteiger partial charge in [0, 0.05) is 0 Å². The summed E-state index contributed by atoms with van der Waals surface area (Å²) in [4.78, 5) is 0. The van der Waals surface area contributed by atoms with Gasteiger partial charge in [0.25, 0.3) is 0 Å². The van der Waals surface area contributed by atoms with Gasteiger partial charge in [0.05, 0.1) is 6.10 Å². The first-order chi connectivity index (χ1) is 5.80. The molecule has 5 atom stereocenters. The lowest BCUT2D eigenvalue weighted by Crippen LogP contribution is -2.21. The molecule has 4 aliphatic rings. The Kier molecular flexibility index (Phi) is 0.730. The topological polar surface area (TPSA) is 20.2 Å². The van der Waals surface area contributed by atoms with Gasteiger partial charge in [-0.1, -0.05) is 18.6 Å². The van der Waals surface area contributed by atoms with Crippen molar-refractivity contribution in [3.63, 3.8) is 0 Å². The Balaban J connectivity index is 1.96. The molecule has 5 unspecified atom stereocenters. The predicted molar refractivity (Wildman–Crippen MR) is 45.5 cm³/mol. The van der Waals surface area contributed by atoms with Crippen LogP contribution in [0.4, 0.5) is 0 Å². The van der Waals surface area contributed by atoms with Crippen molar-refractivity contribution >= 4 is 0 Å². The minimum Gasteiger partial charge on any atom is -0.393 e. The Labute approximate surface area is 72.5 Å². The van der Waals surface area contributed by atoms with Crippen molar-refractivity contribution in [1.29, 1.82) is 0 Å². The van der Waals surface area contributed by atoms with Crippen molar-refractivity contribution in [3.05, 3.63) is 12.2 Å². The standard InChI is InChI=1S/C11H14O/c12-8-6-10-3-1-4-11(10)7(2-5-10)9(8)11/h2,5,7-9,12H,1,3-4,6H2. The Hall–Kier alpha value is -0.300. The molecule has 1 N–H and O–H groups in total. The van der Waals surface area contributed by atoms with Crippen LogP contribution in [0.2, 0.25) is 0 Å². The number of hydrogen-bond donors (Lipinski definition) is 1. The molecule has 64 valence electrons. The minimum absolute atomic E-state index is 0.0327. The van der Waals surface area contributed by atoms with Gasteiger partial charge in [0.15, 0.2) is 0 Å². The van der Waals surface area contributed by atoms with Crippen LogP contribution in [0.25, 0.3) is 0 Å². The highest BCUT2D eigenvalue weighted by atomic mass is 16.3. The lowest BCUT2D eigenvalue weighted by atomic mass is 9.78. The van der Waals surface area contributed by atoms with E-state index in [-0.39, 0.29) is 6.10 Å². The van der Waals surface area contributed by atoms with E-state index < -0.39 is 0 Å². The summed E-state index contributed by atoms with van der Waals surface area (Å²) in [5, 5.41) is 9.88. The summed E-state index contributed by atoms with van der Waals surface area (Å²) in [7, 11) is 0. The Morgan fingerprint density at radius 2 is 2.25 bits per heavy atom. The summed E-state index contributed by atoms with van der Waals surface area (Å²) in [6.45, 7) is 0. The summed E-state index contributed by atoms with van der Waals surface area (Å²) in [6, 6.07) is 0. The molecular weight excluding hydrogens is 148 g/mol. The average Bonchev–Trinajstić information content (AvgIpc) is 2.23. The van der Waals surface area contributed by atoms with Crippen LogP contribution >= 0.6 is 0 Å². The van der Waals surface area contributed by atoms with Crippen LogP contribution < -0.4 is 0 Å². The van der Waals surface area contributed by atoms with Crippen molar-refractivity contribution < 1.29 is 5.11 Å². The molecule has 3 saturated carbocycles. The number of aliphatic hydroxyl groups is 1. The van der Waals surface area contributed by atoms with Crippen molar-refractivity contribution in [2.75, 3.05) is 0 Å². The fourth-order valence-electron chi connectivity index (χ4n) is 4.94. The van der Waals surface area contributed by atoms with Gasteiger partial charge in [0.2, 0.25) is 0 Å². The molecule has 1 spiro atoms. The fourth-order valence-corrected chi connectivity index (χ4v) is 4.94. The molecule has 0 aromatic carbocycles. The highest BCUT2D eigenvalue weighted by Gasteiger charge is 2.81. The van der Waals surface area contributed by atoms with E-state index in [9.17, 15) is 5.11 Å². The van der Waals surface area contributed by atoms with Crippen LogP contribution in [0.15, 0.2) is 12.2 Å². The minimum atomic E-state index is 0.0327. The first kappa shape index (κ1) is 6.20. The molecular formula is C11H14O. The second kappa shape index (κ2) is 1.41. The van der Waals surface area contributed by atoms with Crippen LogP contribution in [0.1, 0.15) is 25.7 Å². The van der Waals surface area contributed by atoms with Gasteiger partial charge in [-0.3, -0.25) is 0 Å². The summed E-state index contributed by atoms with van der Waals surface area (Å²) in [5.41, 5.74) is 1.06. The lowest BCUT2D eigenvalue weighted by molar-refractivity contribution is 0.135. The molecule has 0 heterocycles. The quantitative estimate of drug-likeness (QED) is 0.538. The normalized spacial score (nSPS) is 69.9. The maximum absolute atomic E-state index is 9.88. The maximum atomic E-state index is 9.88. The molecule has 4 rings (SSSR count). The molecule has 0 aromatic rings. The SMILES string of the molecule is OC1CC23C=CC4C1C42CCC3. The Bertz CT molecular complexity index is 295. The monoisotopic (exact) mass is 162 g/mol. The van der Waals surface area contributed by atoms with E-state index in [1.54, 1.807) is 0 Å². The van der Waals surface area contributed by atoms with Crippen LogP contribution in [-0.2, 0) is 0 Å². The van der Waals surface area contributed by atoms with Crippen molar-refractivity contribution in [1.82, 2.24) is 0 Å². The zero-order valence-corrected chi connectivity index (χ0v) is 7.16. The largest absolute Gasteiger partial charge is 0.393 e. The van der Waals surface area contributed by atoms with E-state index >= 15 is 0 Å². The Morgan fingerprint density at radius 3 is 3.00 bits per heavy atom. The zero-order valence-electron chi connectivity index (χ0n) is 7.16. The molecule has 3 fully saturated rings. The molecule has 0 amide bonds. The summed E-state index contributed by atoms with van der Waals surface area (Å²) in [6.07, 6.45) is 10.1. The molecule has 0 saturated heterocycles. The molecule has 4 aliphatic carbocycles. The maximum Gasteiger partial charge on any atom is 0.0588 e. The van der Waals surface area contributed by atoms with Gasteiger partial charge in [-0.2, -0.15) is 0 Å². The van der Waals surface area contributed by atoms with E-state index in [4.69, 9.17) is 0 Å². The average molecular weight is 162 g/mol. The molecule has 0 aromatic heterocycles. The number of aliphatic hydroxyl groups excluding tert-OH is 1.